The molecule has 0 aliphatic heterocycles. The summed E-state index contributed by atoms with van der Waals surface area (Å²) >= 11 is 6.04. The van der Waals surface area contributed by atoms with Crippen LogP contribution < -0.4 is 11.1 Å². The van der Waals surface area contributed by atoms with E-state index in [4.69, 9.17) is 26.8 Å². The molecule has 1 aliphatic carbocycles. The summed E-state index contributed by atoms with van der Waals surface area (Å²) in [5, 5.41) is 4.64. The van der Waals surface area contributed by atoms with Crippen LogP contribution in [0.3, 0.4) is 0 Å². The Bertz CT molecular complexity index is 785. The summed E-state index contributed by atoms with van der Waals surface area (Å²) in [7, 11) is 5.11. The Labute approximate surface area is 152 Å². The molecule has 1 saturated carbocycles. The number of fused-ring (bicyclic) bond motifs is 1. The van der Waals surface area contributed by atoms with Crippen molar-refractivity contribution < 1.29 is 14.3 Å². The Balaban J connectivity index is 1.76. The molecule has 0 spiro atoms. The summed E-state index contributed by atoms with van der Waals surface area (Å²) in [5.41, 5.74) is 7.81. The molecule has 25 heavy (non-hydrogen) atoms. The van der Waals surface area contributed by atoms with Crippen molar-refractivity contribution in [2.24, 2.45) is 12.8 Å². The quantitative estimate of drug-likeness (QED) is 0.816. The van der Waals surface area contributed by atoms with Gasteiger partial charge in [0, 0.05) is 62.1 Å². The summed E-state index contributed by atoms with van der Waals surface area (Å²) in [5.74, 6) is -0.797. The largest absolute Gasteiger partial charge is 0.353 e. The lowest BCUT2D eigenvalue weighted by molar-refractivity contribution is -0.227. The van der Waals surface area contributed by atoms with Crippen LogP contribution in [-0.4, -0.2) is 42.6 Å². The molecular weight excluding hydrogens is 342 g/mol. The highest BCUT2D eigenvalue weighted by molar-refractivity contribution is 6.31. The smallest absolute Gasteiger partial charge is 0.268 e. The second-order valence-corrected chi connectivity index (χ2v) is 7.03. The van der Waals surface area contributed by atoms with Crippen molar-refractivity contribution in [2.75, 3.05) is 14.2 Å². The van der Waals surface area contributed by atoms with Crippen molar-refractivity contribution in [3.63, 3.8) is 0 Å². The first-order chi connectivity index (χ1) is 11.9. The van der Waals surface area contributed by atoms with Gasteiger partial charge in [0.25, 0.3) is 5.91 Å². The second-order valence-electron chi connectivity index (χ2n) is 6.60. The number of nitrogens with two attached hydrogens (primary N) is 1. The van der Waals surface area contributed by atoms with E-state index in [1.54, 1.807) is 14.2 Å². The minimum atomic E-state index is -0.656. The summed E-state index contributed by atoms with van der Waals surface area (Å²) in [6.45, 7) is 0. The van der Waals surface area contributed by atoms with Crippen LogP contribution in [0.2, 0.25) is 5.02 Å². The lowest BCUT2D eigenvalue weighted by Crippen LogP contribution is -2.56. The van der Waals surface area contributed by atoms with Crippen molar-refractivity contribution in [3.05, 3.63) is 35.0 Å². The molecule has 0 unspecified atom stereocenters. The monoisotopic (exact) mass is 365 g/mol. The molecule has 136 valence electrons. The van der Waals surface area contributed by atoms with E-state index in [0.29, 0.717) is 30.0 Å². The van der Waals surface area contributed by atoms with Crippen molar-refractivity contribution in [2.45, 2.75) is 37.1 Å². The van der Waals surface area contributed by atoms with E-state index in [1.807, 2.05) is 35.9 Å². The predicted octanol–water partition coefficient (Wildman–Crippen LogP) is 2.43. The number of carbonyl (C=O) groups is 1. The van der Waals surface area contributed by atoms with Gasteiger partial charge in [-0.3, -0.25) is 4.79 Å². The summed E-state index contributed by atoms with van der Waals surface area (Å²) in [4.78, 5) is 12.8. The van der Waals surface area contributed by atoms with Gasteiger partial charge in [0.2, 0.25) is 0 Å². The van der Waals surface area contributed by atoms with Crippen LogP contribution in [0, 0.1) is 0 Å². The fourth-order valence-electron chi connectivity index (χ4n) is 3.61. The molecule has 1 aromatic carbocycles. The maximum Gasteiger partial charge on any atom is 0.268 e. The number of ether oxygens (including phenoxy) is 2. The molecule has 1 aromatic heterocycles. The molecule has 2 aromatic rings. The number of benzene rings is 1. The van der Waals surface area contributed by atoms with Crippen LogP contribution in [0.15, 0.2) is 24.3 Å². The highest BCUT2D eigenvalue weighted by Crippen LogP contribution is 2.31. The third-order valence-corrected chi connectivity index (χ3v) is 5.43. The molecule has 0 radical (unpaired) electrons. The third-order valence-electron chi connectivity index (χ3n) is 5.20. The maximum atomic E-state index is 12.8. The minimum Gasteiger partial charge on any atom is -0.353 e. The number of nitrogens with one attached hydrogen (secondary N) is 1. The van der Waals surface area contributed by atoms with E-state index in [0.717, 1.165) is 10.9 Å². The Hall–Kier alpha value is -1.60. The number of nitrogens with zero attached hydrogens (tertiary/aromatic N) is 1. The van der Waals surface area contributed by atoms with Crippen molar-refractivity contribution in [1.82, 2.24) is 9.88 Å². The van der Waals surface area contributed by atoms with Crippen LogP contribution in [0.25, 0.3) is 10.9 Å². The normalized spacial score (nSPS) is 22.9. The van der Waals surface area contributed by atoms with Gasteiger partial charge in [-0.15, -0.1) is 0 Å². The molecule has 2 atom stereocenters. The number of methoxy groups -OCH3 is 2. The van der Waals surface area contributed by atoms with E-state index in [-0.39, 0.29) is 18.0 Å². The first kappa shape index (κ1) is 18.2. The number of rotatable bonds is 4. The van der Waals surface area contributed by atoms with Gasteiger partial charge < -0.3 is 25.1 Å². The Morgan fingerprint density at radius 3 is 2.72 bits per heavy atom. The Kier molecular flexibility index (Phi) is 5.06. The topological polar surface area (TPSA) is 78.5 Å². The lowest BCUT2D eigenvalue weighted by atomic mass is 9.86. The number of aryl methyl sites for hydroxylation is 1. The van der Waals surface area contributed by atoms with Gasteiger partial charge in [0.1, 0.15) is 5.69 Å². The fourth-order valence-corrected chi connectivity index (χ4v) is 3.79. The molecule has 1 heterocycles. The Morgan fingerprint density at radius 1 is 1.36 bits per heavy atom. The van der Waals surface area contributed by atoms with E-state index in [2.05, 4.69) is 5.32 Å². The number of carbonyl (C=O) groups excluding carboxylic acids is 1. The van der Waals surface area contributed by atoms with Crippen molar-refractivity contribution in [3.8, 4) is 0 Å². The van der Waals surface area contributed by atoms with Crippen molar-refractivity contribution in [1.29, 1.82) is 0 Å². The molecule has 3 N–H and O–H groups in total. The third kappa shape index (κ3) is 3.40. The average Bonchev–Trinajstić information content (AvgIpc) is 2.93. The maximum absolute atomic E-state index is 12.8. The van der Waals surface area contributed by atoms with Crippen molar-refractivity contribution >= 4 is 28.4 Å². The Morgan fingerprint density at radius 2 is 2.08 bits per heavy atom. The molecular formula is C18H24ClN3O3. The number of halogens is 1. The summed E-state index contributed by atoms with van der Waals surface area (Å²) < 4.78 is 12.8. The molecule has 1 fully saturated rings. The van der Waals surface area contributed by atoms with Gasteiger partial charge in [-0.25, -0.2) is 0 Å². The van der Waals surface area contributed by atoms with E-state index < -0.39 is 5.79 Å². The lowest BCUT2D eigenvalue weighted by Gasteiger charge is -2.41. The molecule has 6 nitrogen and oxygen atoms in total. The molecule has 0 saturated heterocycles. The van der Waals surface area contributed by atoms with Gasteiger partial charge in [0.15, 0.2) is 5.79 Å². The van der Waals surface area contributed by atoms with Gasteiger partial charge in [-0.2, -0.15) is 0 Å². The van der Waals surface area contributed by atoms with Crippen LogP contribution in [-0.2, 0) is 16.5 Å². The number of aromatic nitrogens is 1. The summed E-state index contributed by atoms with van der Waals surface area (Å²) in [6.07, 6.45) is 1.92. The van der Waals surface area contributed by atoms with Crippen LogP contribution in [0.1, 0.15) is 29.8 Å². The zero-order valence-electron chi connectivity index (χ0n) is 14.7. The van der Waals surface area contributed by atoms with E-state index in [1.165, 1.54) is 0 Å². The number of hydrogen-bond donors (Lipinski definition) is 2. The van der Waals surface area contributed by atoms with Crippen LogP contribution in [0.5, 0.6) is 0 Å². The first-order valence-corrected chi connectivity index (χ1v) is 8.68. The average molecular weight is 366 g/mol. The van der Waals surface area contributed by atoms with Gasteiger partial charge >= 0.3 is 0 Å². The highest BCUT2D eigenvalue weighted by Gasteiger charge is 2.40. The highest BCUT2D eigenvalue weighted by atomic mass is 35.5. The summed E-state index contributed by atoms with van der Waals surface area (Å²) in [6, 6.07) is 7.07. The zero-order chi connectivity index (χ0) is 18.2. The van der Waals surface area contributed by atoms with E-state index >= 15 is 0 Å². The molecule has 0 bridgehead atoms. The predicted molar refractivity (Wildman–Crippen MR) is 97.8 cm³/mol. The number of amides is 1. The molecule has 7 heteroatoms. The van der Waals surface area contributed by atoms with E-state index in [9.17, 15) is 4.79 Å². The van der Waals surface area contributed by atoms with Crippen LogP contribution >= 0.6 is 11.6 Å². The molecule has 1 aliphatic rings. The molecule has 1 amide bonds. The van der Waals surface area contributed by atoms with Gasteiger partial charge in [-0.05, 0) is 30.7 Å². The SMILES string of the molecule is COC1(OC)CC[C@H](NC(=O)c2cc3cc(Cl)ccc3n2C)[C@H](N)C1. The second kappa shape index (κ2) is 6.96. The zero-order valence-corrected chi connectivity index (χ0v) is 15.5. The molecule has 3 rings (SSSR count). The van der Waals surface area contributed by atoms with Crippen LogP contribution in [0.4, 0.5) is 0 Å². The minimum absolute atomic E-state index is 0.118. The van der Waals surface area contributed by atoms with Gasteiger partial charge in [0.05, 0.1) is 0 Å². The fraction of sp³-hybridized carbons (Fsp3) is 0.500. The standard InChI is InChI=1S/C18H24ClN3O3/c1-22-15-5-4-12(19)8-11(15)9-16(22)17(23)21-14-6-7-18(24-2,25-3)10-13(14)20/h4-5,8-9,13-14H,6-7,10,20H2,1-3H3,(H,21,23)/t13-,14+/m1/s1. The number of hydrogen-bond acceptors (Lipinski definition) is 4. The first-order valence-electron chi connectivity index (χ1n) is 8.31. The van der Waals surface area contributed by atoms with Gasteiger partial charge in [-0.1, -0.05) is 11.6 Å².